The largest absolute Gasteiger partial charge is 3.00 e. The Morgan fingerprint density at radius 3 is 0.725 bits per heavy atom. The van der Waals surface area contributed by atoms with Crippen molar-refractivity contribution in [1.82, 2.24) is 9.80 Å². The molecule has 0 heterocycles. The van der Waals surface area contributed by atoms with Crippen LogP contribution in [-0.4, -0.2) is 45.8 Å². The van der Waals surface area contributed by atoms with Crippen molar-refractivity contribution >= 4 is 34.5 Å². The molecule has 0 saturated heterocycles. The van der Waals surface area contributed by atoms with Crippen molar-refractivity contribution < 1.29 is 114 Å². The topological polar surface area (TPSA) is 86.7 Å². The second kappa shape index (κ2) is 44.4. The van der Waals surface area contributed by atoms with Crippen LogP contribution in [0.3, 0.4) is 0 Å². The number of hydrogen-bond acceptors (Lipinski definition) is 4. The number of carbonyl (C=O) groups is 2. The molecule has 8 rings (SSSR count). The molecule has 0 bridgehead atoms. The molecule has 0 spiro atoms. The molecule has 4 aromatic carbocycles. The maximum Gasteiger partial charge on any atom is 3.00 e. The minimum Gasteiger partial charge on any atom is -0.872 e. The molecule has 2 atom stereocenters. The zero-order chi connectivity index (χ0) is 57.2. The number of nitrogens with zero attached hydrogens (tertiary/aromatic N) is 2. The molecule has 0 N–H and O–H groups in total. The molecule has 4 saturated carbocycles. The first-order valence-corrected chi connectivity index (χ1v) is 28.1. The first-order valence-electron chi connectivity index (χ1n) is 28.1. The smallest absolute Gasteiger partial charge is 0.872 e. The molecular formula is C72H88N2O4Yb2+4. The minimum absolute atomic E-state index is 0. The molecule has 4 aliphatic carbocycles. The summed E-state index contributed by atoms with van der Waals surface area (Å²) in [5.41, 5.74) is 6.84. The van der Waals surface area contributed by atoms with Gasteiger partial charge in [-0.1, -0.05) is 148 Å². The molecule has 0 aromatic heterocycles. The number of rotatable bonds is 16. The Balaban J connectivity index is 0.000000577. The SMILES string of the molecule is CC/C(=C(\[O-])c1ccc(C(CC)C(=O)N(C(C)C)C(C)C)cc1)c1ccccc1.CC/C(=C(\[O-])c1ccc(C(CC)C(=O)N(C(C)C)C(C)C)cc1)c1ccccc1.[CH]1[CH][CH][CH][CH]1.[CH]1[CH][CH][CH][CH]1.[CH]1[CH][CH][CH][CH]1.[CH]1[CH][CH][CH][CH]1.[Yb+3].[Yb+3]. The molecule has 434 valence electrons. The Hall–Kier alpha value is -2.06. The molecule has 0 aliphatic heterocycles. The molecule has 8 heteroatoms. The Kier molecular flexibility index (Phi) is 42.2. The summed E-state index contributed by atoms with van der Waals surface area (Å²) in [6.45, 7) is 24.5. The van der Waals surface area contributed by atoms with E-state index in [-0.39, 0.29) is 153 Å². The van der Waals surface area contributed by atoms with E-state index in [1.165, 1.54) is 0 Å². The van der Waals surface area contributed by atoms with Crippen LogP contribution in [0.1, 0.15) is 154 Å². The van der Waals surface area contributed by atoms with Crippen molar-refractivity contribution in [3.8, 4) is 0 Å². The normalized spacial score (nSPS) is 15.7. The average molecular weight is 1390 g/mol. The van der Waals surface area contributed by atoms with Gasteiger partial charge < -0.3 is 20.0 Å². The molecule has 2 amide bonds. The number of carbonyl (C=O) groups excluding carboxylic acids is 2. The standard InChI is InChI=1S/2C26H35NO2.4C5H5.2Yb/c2*1-7-23(20-12-10-9-11-13-20)25(28)22-16-14-21(15-17-22)24(8-2)26(29)27(18(3)4)19(5)6;4*1-2-4-5-3-1;;/h2*9-19,24,28H,7-8H2,1-6H3;4*1-5H;;/q;;;;;;2*+3/p-2/b2*25-23+;;;;;;. The molecule has 2 unspecified atom stereocenters. The molecule has 4 aromatic rings. The summed E-state index contributed by atoms with van der Waals surface area (Å²) in [5.74, 6) is 0.0370. The van der Waals surface area contributed by atoms with Crippen LogP contribution >= 0.6 is 0 Å². The zero-order valence-corrected chi connectivity index (χ0v) is 52.7. The molecule has 4 fully saturated rings. The summed E-state index contributed by atoms with van der Waals surface area (Å²) in [4.78, 5) is 30.2. The van der Waals surface area contributed by atoms with E-state index < -0.39 is 0 Å². The van der Waals surface area contributed by atoms with Gasteiger partial charge in [-0.2, -0.15) is 0 Å². The first-order chi connectivity index (χ1) is 37.6. The Morgan fingerprint density at radius 2 is 0.550 bits per heavy atom. The molecular weight excluding hydrogens is 1300 g/mol. The van der Waals surface area contributed by atoms with Crippen LogP contribution in [0.5, 0.6) is 0 Å². The maximum absolute atomic E-state index is 13.2. The van der Waals surface area contributed by atoms with Crippen LogP contribution in [0.2, 0.25) is 0 Å². The van der Waals surface area contributed by atoms with Gasteiger partial charge in [0.05, 0.1) is 11.8 Å². The van der Waals surface area contributed by atoms with E-state index in [0.717, 1.165) is 46.2 Å². The van der Waals surface area contributed by atoms with Crippen LogP contribution in [0.15, 0.2) is 109 Å². The van der Waals surface area contributed by atoms with Gasteiger partial charge in [-0.05, 0) is 254 Å². The van der Waals surface area contributed by atoms with Crippen molar-refractivity contribution in [2.24, 2.45) is 0 Å². The monoisotopic (exact) mass is 1390 g/mol. The molecule has 6 nitrogen and oxygen atoms in total. The van der Waals surface area contributed by atoms with Crippen LogP contribution in [0, 0.1) is 222 Å². The van der Waals surface area contributed by atoms with Crippen molar-refractivity contribution in [3.63, 3.8) is 0 Å². The number of allylic oxidation sites excluding steroid dienone is 2. The summed E-state index contributed by atoms with van der Waals surface area (Å²) in [5, 5.41) is 26.1. The first kappa shape index (κ1) is 76.0. The second-order valence-electron chi connectivity index (χ2n) is 19.9. The summed E-state index contributed by atoms with van der Waals surface area (Å²) < 4.78 is 0. The molecule has 80 heavy (non-hydrogen) atoms. The van der Waals surface area contributed by atoms with Crippen molar-refractivity contribution in [2.75, 3.05) is 0 Å². The second-order valence-corrected chi connectivity index (χ2v) is 19.9. The molecule has 22 radical (unpaired) electrons. The van der Waals surface area contributed by atoms with E-state index in [2.05, 4.69) is 55.4 Å². The van der Waals surface area contributed by atoms with Crippen LogP contribution in [0.4, 0.5) is 0 Å². The molecule has 4 aliphatic rings. The van der Waals surface area contributed by atoms with Crippen molar-refractivity contribution in [2.45, 2.75) is 145 Å². The van der Waals surface area contributed by atoms with E-state index >= 15 is 0 Å². The van der Waals surface area contributed by atoms with E-state index in [9.17, 15) is 19.8 Å². The van der Waals surface area contributed by atoms with Gasteiger partial charge in [0.1, 0.15) is 0 Å². The maximum atomic E-state index is 13.2. The van der Waals surface area contributed by atoms with Gasteiger partial charge in [0.2, 0.25) is 11.8 Å². The summed E-state index contributed by atoms with van der Waals surface area (Å²) in [7, 11) is 0. The fourth-order valence-corrected chi connectivity index (χ4v) is 9.31. The predicted molar refractivity (Wildman–Crippen MR) is 326 cm³/mol. The Bertz CT molecular complexity index is 2040. The van der Waals surface area contributed by atoms with E-state index in [0.29, 0.717) is 24.0 Å². The van der Waals surface area contributed by atoms with Crippen LogP contribution < -0.4 is 10.2 Å². The van der Waals surface area contributed by atoms with Gasteiger partial charge in [0, 0.05) is 24.2 Å². The third kappa shape index (κ3) is 26.9. The third-order valence-electron chi connectivity index (χ3n) is 13.0. The Morgan fingerprint density at radius 1 is 0.338 bits per heavy atom. The summed E-state index contributed by atoms with van der Waals surface area (Å²) in [6, 6.07) is 35.5. The minimum atomic E-state index is -0.187. The van der Waals surface area contributed by atoms with Gasteiger partial charge in [0.15, 0.2) is 0 Å². The van der Waals surface area contributed by atoms with E-state index in [1.807, 2.05) is 275 Å². The quantitative estimate of drug-likeness (QED) is 0.0826. The number of amides is 2. The summed E-state index contributed by atoms with van der Waals surface area (Å²) >= 11 is 0. The number of hydrogen-bond donors (Lipinski definition) is 0. The summed E-state index contributed by atoms with van der Waals surface area (Å²) in [6.07, 6.45) is 42.8. The van der Waals surface area contributed by atoms with Crippen molar-refractivity contribution in [1.29, 1.82) is 0 Å². The van der Waals surface area contributed by atoms with Crippen LogP contribution in [0.25, 0.3) is 22.7 Å². The average Bonchev–Trinajstić information content (AvgIpc) is 4.32. The van der Waals surface area contributed by atoms with E-state index in [4.69, 9.17) is 0 Å². The van der Waals surface area contributed by atoms with Gasteiger partial charge in [0.25, 0.3) is 0 Å². The fraction of sp³-hybridized carbons (Fsp3) is 0.306. The van der Waals surface area contributed by atoms with Crippen molar-refractivity contribution in [3.05, 3.63) is 271 Å². The van der Waals surface area contributed by atoms with Gasteiger partial charge in [-0.15, -0.1) is 0 Å². The van der Waals surface area contributed by atoms with Crippen LogP contribution in [-0.2, 0) is 9.59 Å². The van der Waals surface area contributed by atoms with Gasteiger partial charge >= 0.3 is 93.8 Å². The Labute approximate surface area is 567 Å². The zero-order valence-electron chi connectivity index (χ0n) is 49.3. The fourth-order valence-electron chi connectivity index (χ4n) is 9.31. The van der Waals surface area contributed by atoms with Gasteiger partial charge in [-0.3, -0.25) is 9.59 Å². The number of benzene rings is 4. The predicted octanol–water partition coefficient (Wildman–Crippen LogP) is 15.0. The van der Waals surface area contributed by atoms with E-state index in [1.54, 1.807) is 0 Å². The third-order valence-corrected chi connectivity index (χ3v) is 13.0. The van der Waals surface area contributed by atoms with Gasteiger partial charge in [-0.25, -0.2) is 0 Å².